The van der Waals surface area contributed by atoms with Gasteiger partial charge in [-0.05, 0) is 44.2 Å². The fraction of sp³-hybridized carbons (Fsp3) is 0.211. The smallest absolute Gasteiger partial charge is 0.256 e. The average Bonchev–Trinajstić information content (AvgIpc) is 3.09. The molecule has 0 N–H and O–H groups in total. The maximum Gasteiger partial charge on any atom is 0.256 e. The highest BCUT2D eigenvalue weighted by Crippen LogP contribution is 2.31. The molecule has 2 aliphatic heterocycles. The van der Waals surface area contributed by atoms with E-state index in [1.807, 2.05) is 12.1 Å². The summed E-state index contributed by atoms with van der Waals surface area (Å²) in [6.07, 6.45) is 0. The molecule has 140 valence electrons. The second kappa shape index (κ2) is 8.00. The van der Waals surface area contributed by atoms with Crippen LogP contribution in [0.1, 0.15) is 12.5 Å². The summed E-state index contributed by atoms with van der Waals surface area (Å²) < 4.78 is 1.14. The summed E-state index contributed by atoms with van der Waals surface area (Å²) in [5, 5.41) is 0.845. The molecule has 1 atom stereocenters. The molecule has 2 aromatic rings. The van der Waals surface area contributed by atoms with Gasteiger partial charge in [0, 0.05) is 14.5 Å². The van der Waals surface area contributed by atoms with Crippen LogP contribution in [-0.2, 0) is 9.59 Å². The van der Waals surface area contributed by atoms with E-state index in [2.05, 4.69) is 40.0 Å². The molecule has 0 radical (unpaired) electrons. The molecule has 0 bridgehead atoms. The van der Waals surface area contributed by atoms with E-state index in [1.165, 1.54) is 15.4 Å². The summed E-state index contributed by atoms with van der Waals surface area (Å²) in [4.78, 5) is 30.8. The van der Waals surface area contributed by atoms with Crippen molar-refractivity contribution >= 4 is 62.6 Å². The van der Waals surface area contributed by atoms with Crippen LogP contribution in [0.15, 0.2) is 51.9 Å². The van der Waals surface area contributed by atoms with Crippen LogP contribution in [0.4, 0.5) is 5.69 Å². The molecule has 4 rings (SSSR count). The monoisotopic (exact) mass is 467 g/mol. The Balaban J connectivity index is 0.000000221. The van der Waals surface area contributed by atoms with Crippen molar-refractivity contribution in [3.63, 3.8) is 0 Å². The maximum atomic E-state index is 12.3. The Labute approximate surface area is 175 Å². The summed E-state index contributed by atoms with van der Waals surface area (Å²) in [6.45, 7) is 3.82. The van der Waals surface area contributed by atoms with Crippen LogP contribution in [0.3, 0.4) is 0 Å². The van der Waals surface area contributed by atoms with Crippen molar-refractivity contribution in [2.24, 2.45) is 4.99 Å². The zero-order valence-corrected chi connectivity index (χ0v) is 17.7. The minimum Gasteiger partial charge on any atom is -0.272 e. The van der Waals surface area contributed by atoms with Gasteiger partial charge in [-0.25, -0.2) is 9.89 Å². The molecule has 0 spiro atoms. The molecule has 2 aliphatic rings. The Morgan fingerprint density at radius 1 is 1.07 bits per heavy atom. The van der Waals surface area contributed by atoms with Crippen LogP contribution < -0.4 is 4.90 Å². The van der Waals surface area contributed by atoms with Gasteiger partial charge in [-0.3, -0.25) is 14.5 Å². The van der Waals surface area contributed by atoms with Gasteiger partial charge in [0.1, 0.15) is 12.6 Å². The quantitative estimate of drug-likeness (QED) is 0.609. The number of nitrogens with zero attached hydrogens (tertiary/aromatic N) is 3. The molecule has 1 fully saturated rings. The number of guanidine groups is 1. The van der Waals surface area contributed by atoms with Gasteiger partial charge in [0.15, 0.2) is 0 Å². The number of aryl methyl sites for hydroxylation is 1. The molecule has 0 saturated carbocycles. The molecule has 2 amide bonds. The van der Waals surface area contributed by atoms with Crippen molar-refractivity contribution in [3.05, 3.63) is 62.5 Å². The lowest BCUT2D eigenvalue weighted by Gasteiger charge is -2.16. The van der Waals surface area contributed by atoms with Crippen molar-refractivity contribution in [1.29, 1.82) is 0 Å². The van der Waals surface area contributed by atoms with Crippen LogP contribution in [0.25, 0.3) is 0 Å². The highest BCUT2D eigenvalue weighted by Gasteiger charge is 2.47. The van der Waals surface area contributed by atoms with E-state index in [0.717, 1.165) is 4.47 Å². The van der Waals surface area contributed by atoms with Gasteiger partial charge in [-0.2, -0.15) is 0 Å². The summed E-state index contributed by atoms with van der Waals surface area (Å²) in [5.74, 6) is -0.0440. The summed E-state index contributed by atoms with van der Waals surface area (Å²) in [6, 6.07) is 12.5. The molecule has 8 heteroatoms. The summed E-state index contributed by atoms with van der Waals surface area (Å²) >= 11 is 15.2. The molecule has 0 aliphatic carbocycles. The molecule has 1 unspecified atom stereocenters. The van der Waals surface area contributed by atoms with Crippen LogP contribution in [0.5, 0.6) is 0 Å². The zero-order chi connectivity index (χ0) is 19.7. The van der Waals surface area contributed by atoms with Crippen molar-refractivity contribution in [2.45, 2.75) is 19.9 Å². The molecule has 2 heterocycles. The number of rotatable bonds is 1. The minimum atomic E-state index is -0.550. The SMILES string of the molecule is CC1C(=O)N(c2cc(Cl)cc(Cl)c2)C2=NCC(=O)N21.Cc1ccc(Br)cc1. The molecule has 2 aromatic carbocycles. The molecule has 5 nitrogen and oxygen atoms in total. The minimum absolute atomic E-state index is 0.0672. The number of benzene rings is 2. The molecule has 1 saturated heterocycles. The van der Waals surface area contributed by atoms with Gasteiger partial charge < -0.3 is 0 Å². The first-order valence-corrected chi connectivity index (χ1v) is 9.71. The Kier molecular flexibility index (Phi) is 5.89. The number of aliphatic imine (C=N–C) groups is 1. The van der Waals surface area contributed by atoms with E-state index < -0.39 is 6.04 Å². The first-order chi connectivity index (χ1) is 12.8. The van der Waals surface area contributed by atoms with E-state index in [4.69, 9.17) is 23.2 Å². The lowest BCUT2D eigenvalue weighted by Crippen LogP contribution is -2.36. The van der Waals surface area contributed by atoms with Crippen molar-refractivity contribution < 1.29 is 9.59 Å². The lowest BCUT2D eigenvalue weighted by molar-refractivity contribution is -0.130. The maximum absolute atomic E-state index is 12.3. The first-order valence-electron chi connectivity index (χ1n) is 8.16. The van der Waals surface area contributed by atoms with E-state index >= 15 is 0 Å². The van der Waals surface area contributed by atoms with Gasteiger partial charge in [0.25, 0.3) is 11.8 Å². The average molecular weight is 469 g/mol. The molecule has 0 aromatic heterocycles. The van der Waals surface area contributed by atoms with Gasteiger partial charge in [0.2, 0.25) is 5.96 Å². The van der Waals surface area contributed by atoms with Crippen molar-refractivity contribution in [3.8, 4) is 0 Å². The molecular formula is C19H16BrCl2N3O2. The normalized spacial score (nSPS) is 18.3. The zero-order valence-electron chi connectivity index (χ0n) is 14.6. The van der Waals surface area contributed by atoms with Gasteiger partial charge in [-0.1, -0.05) is 56.8 Å². The topological polar surface area (TPSA) is 53.0 Å². The van der Waals surface area contributed by atoms with Gasteiger partial charge in [-0.15, -0.1) is 0 Å². The van der Waals surface area contributed by atoms with Gasteiger partial charge >= 0.3 is 0 Å². The third-order valence-corrected chi connectivity index (χ3v) is 5.09. The van der Waals surface area contributed by atoms with E-state index in [1.54, 1.807) is 25.1 Å². The van der Waals surface area contributed by atoms with E-state index in [0.29, 0.717) is 21.7 Å². The highest BCUT2D eigenvalue weighted by atomic mass is 79.9. The second-order valence-electron chi connectivity index (χ2n) is 6.15. The van der Waals surface area contributed by atoms with Gasteiger partial charge in [0.05, 0.1) is 5.69 Å². The van der Waals surface area contributed by atoms with E-state index in [-0.39, 0.29) is 18.4 Å². The number of carbonyl (C=O) groups is 2. The predicted octanol–water partition coefficient (Wildman–Crippen LogP) is 4.68. The predicted molar refractivity (Wildman–Crippen MR) is 111 cm³/mol. The van der Waals surface area contributed by atoms with Crippen LogP contribution in [0.2, 0.25) is 10.0 Å². The Morgan fingerprint density at radius 3 is 2.22 bits per heavy atom. The fourth-order valence-corrected chi connectivity index (χ4v) is 3.59. The second-order valence-corrected chi connectivity index (χ2v) is 7.94. The number of hydrogen-bond donors (Lipinski definition) is 0. The lowest BCUT2D eigenvalue weighted by atomic mass is 10.2. The number of hydrogen-bond acceptors (Lipinski definition) is 3. The summed E-state index contributed by atoms with van der Waals surface area (Å²) in [7, 11) is 0. The number of amides is 2. The van der Waals surface area contributed by atoms with Crippen molar-refractivity contribution in [1.82, 2.24) is 4.90 Å². The summed E-state index contributed by atoms with van der Waals surface area (Å²) in [5.41, 5.74) is 1.82. The standard InChI is InChI=1S/C12H9Cl2N3O2.C7H7Br/c1-6-11(19)17(12-15-5-10(18)16(6)12)9-3-7(13)2-8(14)4-9;1-6-2-4-7(8)5-3-6/h2-4,6H,5H2,1H3;2-5H,1H3. The Hall–Kier alpha value is -1.89. The van der Waals surface area contributed by atoms with Crippen molar-refractivity contribution in [2.75, 3.05) is 11.4 Å². The van der Waals surface area contributed by atoms with Crippen LogP contribution in [0, 0.1) is 6.92 Å². The number of fused-ring (bicyclic) bond motifs is 1. The molecule has 27 heavy (non-hydrogen) atoms. The first kappa shape index (κ1) is 19.9. The number of halogens is 3. The molecular weight excluding hydrogens is 453 g/mol. The number of carbonyl (C=O) groups excluding carboxylic acids is 2. The third kappa shape index (κ3) is 4.18. The Morgan fingerprint density at radius 2 is 1.67 bits per heavy atom. The van der Waals surface area contributed by atoms with Crippen LogP contribution >= 0.6 is 39.1 Å². The fourth-order valence-electron chi connectivity index (χ4n) is 2.81. The number of anilines is 1. The highest BCUT2D eigenvalue weighted by molar-refractivity contribution is 9.10. The Bertz CT molecular complexity index is 890. The third-order valence-electron chi connectivity index (χ3n) is 4.12. The van der Waals surface area contributed by atoms with E-state index in [9.17, 15) is 9.59 Å². The van der Waals surface area contributed by atoms with Crippen LogP contribution in [-0.4, -0.2) is 35.3 Å². The largest absolute Gasteiger partial charge is 0.272 e.